The Morgan fingerprint density at radius 2 is 2.11 bits per heavy atom. The zero-order valence-electron chi connectivity index (χ0n) is 11.2. The maximum atomic E-state index is 10.3. The average Bonchev–Trinajstić information content (AvgIpc) is 2.39. The summed E-state index contributed by atoms with van der Waals surface area (Å²) in [4.78, 5) is 0. The lowest BCUT2D eigenvalue weighted by atomic mass is 9.97. The van der Waals surface area contributed by atoms with Crippen molar-refractivity contribution in [2.45, 2.75) is 57.8 Å². The van der Waals surface area contributed by atoms with Gasteiger partial charge in [0.2, 0.25) is 0 Å². The van der Waals surface area contributed by atoms with E-state index in [9.17, 15) is 5.11 Å². The van der Waals surface area contributed by atoms with Crippen LogP contribution in [0, 0.1) is 0 Å². The van der Waals surface area contributed by atoms with Gasteiger partial charge in [0.05, 0.1) is 6.10 Å². The lowest BCUT2D eigenvalue weighted by Gasteiger charge is -2.33. The number of hydrogen-bond donors (Lipinski definition) is 2. The molecule has 0 aliphatic heterocycles. The molecular formula is C14H23ClO3. The van der Waals surface area contributed by atoms with Crippen molar-refractivity contribution in [2.24, 2.45) is 0 Å². The highest BCUT2D eigenvalue weighted by atomic mass is 35.5. The van der Waals surface area contributed by atoms with Gasteiger partial charge in [0.15, 0.2) is 5.79 Å². The Morgan fingerprint density at radius 1 is 1.44 bits per heavy atom. The van der Waals surface area contributed by atoms with Gasteiger partial charge in [-0.2, -0.15) is 0 Å². The van der Waals surface area contributed by atoms with Crippen molar-refractivity contribution in [3.8, 4) is 0 Å². The quantitative estimate of drug-likeness (QED) is 0.702. The van der Waals surface area contributed by atoms with E-state index in [1.807, 2.05) is 26.0 Å². The fraction of sp³-hybridized carbons (Fsp3) is 0.714. The number of aliphatic hydroxyl groups is 2. The lowest BCUT2D eigenvalue weighted by Crippen LogP contribution is -2.37. The van der Waals surface area contributed by atoms with Crippen molar-refractivity contribution in [1.29, 1.82) is 0 Å². The van der Waals surface area contributed by atoms with Crippen LogP contribution in [0.25, 0.3) is 0 Å². The minimum atomic E-state index is -1.13. The van der Waals surface area contributed by atoms with Crippen LogP contribution in [0.15, 0.2) is 22.8 Å². The highest BCUT2D eigenvalue weighted by Gasteiger charge is 2.30. The predicted octanol–water partition coefficient (Wildman–Crippen LogP) is 3.11. The summed E-state index contributed by atoms with van der Waals surface area (Å²) in [6.45, 7) is 3.79. The second kappa shape index (κ2) is 7.29. The van der Waals surface area contributed by atoms with Crippen LogP contribution in [0.1, 0.15) is 46.0 Å². The smallest absolute Gasteiger partial charge is 0.165 e. The first-order chi connectivity index (χ1) is 8.56. The molecule has 0 aromatic rings. The van der Waals surface area contributed by atoms with Crippen LogP contribution < -0.4 is 0 Å². The molecule has 0 heterocycles. The predicted molar refractivity (Wildman–Crippen MR) is 73.4 cm³/mol. The zero-order chi connectivity index (χ0) is 13.6. The van der Waals surface area contributed by atoms with Crippen LogP contribution in [0.5, 0.6) is 0 Å². The summed E-state index contributed by atoms with van der Waals surface area (Å²) in [5.74, 6) is -1.13. The first-order valence-corrected chi connectivity index (χ1v) is 7.00. The van der Waals surface area contributed by atoms with Crippen molar-refractivity contribution in [2.75, 3.05) is 6.61 Å². The Labute approximate surface area is 114 Å². The summed E-state index contributed by atoms with van der Waals surface area (Å²) < 4.78 is 5.81. The van der Waals surface area contributed by atoms with Crippen molar-refractivity contribution in [3.05, 3.63) is 22.8 Å². The Kier molecular flexibility index (Phi) is 6.36. The first-order valence-electron chi connectivity index (χ1n) is 6.62. The second-order valence-corrected chi connectivity index (χ2v) is 4.99. The van der Waals surface area contributed by atoms with Crippen LogP contribution in [0.2, 0.25) is 0 Å². The van der Waals surface area contributed by atoms with Crippen molar-refractivity contribution in [1.82, 2.24) is 0 Å². The molecule has 18 heavy (non-hydrogen) atoms. The van der Waals surface area contributed by atoms with Gasteiger partial charge in [-0.25, -0.2) is 0 Å². The van der Waals surface area contributed by atoms with E-state index in [0.717, 1.165) is 18.4 Å². The molecular weight excluding hydrogens is 252 g/mol. The van der Waals surface area contributed by atoms with E-state index >= 15 is 0 Å². The van der Waals surface area contributed by atoms with Gasteiger partial charge >= 0.3 is 0 Å². The molecule has 3 nitrogen and oxygen atoms in total. The average molecular weight is 275 g/mol. The molecule has 0 saturated carbocycles. The summed E-state index contributed by atoms with van der Waals surface area (Å²) in [5, 5.41) is 20.1. The van der Waals surface area contributed by atoms with E-state index in [1.54, 1.807) is 0 Å². The largest absolute Gasteiger partial charge is 0.396 e. The topological polar surface area (TPSA) is 49.7 Å². The van der Waals surface area contributed by atoms with Crippen molar-refractivity contribution in [3.63, 3.8) is 0 Å². The lowest BCUT2D eigenvalue weighted by molar-refractivity contribution is -0.227. The maximum Gasteiger partial charge on any atom is 0.165 e. The minimum absolute atomic E-state index is 0.0194. The van der Waals surface area contributed by atoms with E-state index in [0.29, 0.717) is 24.3 Å². The summed E-state index contributed by atoms with van der Waals surface area (Å²) in [5.41, 5.74) is 0.980. The zero-order valence-corrected chi connectivity index (χ0v) is 11.9. The van der Waals surface area contributed by atoms with Crippen molar-refractivity contribution >= 4 is 11.6 Å². The van der Waals surface area contributed by atoms with Gasteiger partial charge in [0, 0.05) is 18.1 Å². The van der Waals surface area contributed by atoms with E-state index in [2.05, 4.69) is 0 Å². The number of rotatable bonds is 7. The van der Waals surface area contributed by atoms with E-state index in [-0.39, 0.29) is 12.7 Å². The van der Waals surface area contributed by atoms with Gasteiger partial charge in [-0.1, -0.05) is 31.5 Å². The van der Waals surface area contributed by atoms with Gasteiger partial charge < -0.3 is 14.9 Å². The molecule has 0 aromatic heterocycles. The van der Waals surface area contributed by atoms with Gasteiger partial charge in [0.1, 0.15) is 0 Å². The molecule has 0 saturated heterocycles. The third-order valence-corrected chi connectivity index (χ3v) is 3.77. The Morgan fingerprint density at radius 3 is 2.61 bits per heavy atom. The molecule has 0 unspecified atom stereocenters. The van der Waals surface area contributed by atoms with Crippen LogP contribution in [0.4, 0.5) is 0 Å². The number of allylic oxidation sites excluding steroid dienone is 3. The summed E-state index contributed by atoms with van der Waals surface area (Å²) in [6.07, 6.45) is 6.83. The monoisotopic (exact) mass is 274 g/mol. The molecule has 0 fully saturated rings. The highest BCUT2D eigenvalue weighted by Crippen LogP contribution is 2.31. The van der Waals surface area contributed by atoms with Crippen LogP contribution in [-0.2, 0) is 4.74 Å². The molecule has 0 spiro atoms. The maximum absolute atomic E-state index is 10.3. The number of hydrogen-bond acceptors (Lipinski definition) is 3. The van der Waals surface area contributed by atoms with E-state index < -0.39 is 5.79 Å². The normalized spacial score (nSPS) is 18.3. The first kappa shape index (κ1) is 15.7. The number of halogens is 1. The molecule has 1 aliphatic carbocycles. The second-order valence-electron chi connectivity index (χ2n) is 4.59. The van der Waals surface area contributed by atoms with Gasteiger partial charge in [-0.05, 0) is 37.3 Å². The third kappa shape index (κ3) is 4.09. The van der Waals surface area contributed by atoms with Crippen molar-refractivity contribution < 1.29 is 14.9 Å². The van der Waals surface area contributed by atoms with Gasteiger partial charge in [-0.15, -0.1) is 0 Å². The molecule has 0 bridgehead atoms. The van der Waals surface area contributed by atoms with Crippen LogP contribution in [-0.4, -0.2) is 28.7 Å². The molecule has 4 heteroatoms. The third-order valence-electron chi connectivity index (χ3n) is 3.40. The molecule has 0 radical (unpaired) electrons. The van der Waals surface area contributed by atoms with E-state index in [4.69, 9.17) is 21.4 Å². The molecule has 0 amide bonds. The fourth-order valence-electron chi connectivity index (χ4n) is 2.07. The molecule has 1 atom stereocenters. The van der Waals surface area contributed by atoms with Crippen LogP contribution in [0.3, 0.4) is 0 Å². The molecule has 0 aromatic carbocycles. The SMILES string of the molecule is CCC(O)(CC)O[C@H](CCO)C1=C(Cl)C=CCC1. The molecule has 1 aliphatic rings. The standard InChI is InChI=1S/C14H23ClO3/c1-3-14(17,4-2)18-13(9-10-16)11-7-5-6-8-12(11)15/h6,8,13,16-17H,3-5,7,9-10H2,1-2H3/t13-/m1/s1. The minimum Gasteiger partial charge on any atom is -0.396 e. The van der Waals surface area contributed by atoms with Gasteiger partial charge in [0.25, 0.3) is 0 Å². The molecule has 1 rings (SSSR count). The summed E-state index contributed by atoms with van der Waals surface area (Å²) in [7, 11) is 0. The fourth-order valence-corrected chi connectivity index (χ4v) is 2.38. The Hall–Kier alpha value is -0.350. The van der Waals surface area contributed by atoms with E-state index in [1.165, 1.54) is 0 Å². The number of aliphatic hydroxyl groups excluding tert-OH is 1. The Bertz CT molecular complexity index is 319. The molecule has 104 valence electrons. The summed E-state index contributed by atoms with van der Waals surface area (Å²) in [6, 6.07) is 0. The Balaban J connectivity index is 2.85. The number of ether oxygens (including phenoxy) is 1. The molecule has 2 N–H and O–H groups in total. The van der Waals surface area contributed by atoms with Crippen LogP contribution >= 0.6 is 11.6 Å². The summed E-state index contributed by atoms with van der Waals surface area (Å²) >= 11 is 6.18. The van der Waals surface area contributed by atoms with Gasteiger partial charge in [-0.3, -0.25) is 0 Å². The highest BCUT2D eigenvalue weighted by molar-refractivity contribution is 6.31.